The van der Waals surface area contributed by atoms with Crippen molar-refractivity contribution in [3.8, 4) is 0 Å². The second kappa shape index (κ2) is 6.19. The Labute approximate surface area is 111 Å². The van der Waals surface area contributed by atoms with Gasteiger partial charge in [0, 0.05) is 31.4 Å². The quantitative estimate of drug-likeness (QED) is 0.797. The van der Waals surface area contributed by atoms with Gasteiger partial charge in [0.1, 0.15) is 5.82 Å². The smallest absolute Gasteiger partial charge is 0.133 e. The molecule has 3 heteroatoms. The van der Waals surface area contributed by atoms with E-state index in [1.54, 1.807) is 0 Å². The van der Waals surface area contributed by atoms with Crippen LogP contribution in [0, 0.1) is 0 Å². The molecular formula is C15H25N3. The standard InChI is InChI=1S/C15H25N3/c1-4-11-18-12-7-9-14(18)13-8-6-10-16-15(13)17(3)5-2/h6,8,10,14H,4-5,7,9,11-12H2,1-3H3. The minimum atomic E-state index is 0.572. The summed E-state index contributed by atoms with van der Waals surface area (Å²) < 4.78 is 0. The lowest BCUT2D eigenvalue weighted by Gasteiger charge is -2.28. The van der Waals surface area contributed by atoms with Gasteiger partial charge in [-0.3, -0.25) is 4.90 Å². The molecule has 1 fully saturated rings. The van der Waals surface area contributed by atoms with Crippen LogP contribution in [0.1, 0.15) is 44.7 Å². The molecule has 1 saturated heterocycles. The first-order chi connectivity index (χ1) is 8.77. The van der Waals surface area contributed by atoms with Gasteiger partial charge in [0.25, 0.3) is 0 Å². The van der Waals surface area contributed by atoms with E-state index in [0.717, 1.165) is 12.4 Å². The molecule has 0 N–H and O–H groups in total. The second-order valence-electron chi connectivity index (χ2n) is 5.12. The zero-order chi connectivity index (χ0) is 13.0. The lowest BCUT2D eigenvalue weighted by molar-refractivity contribution is 0.258. The normalized spacial score (nSPS) is 20.3. The first kappa shape index (κ1) is 13.3. The molecule has 0 radical (unpaired) electrons. The highest BCUT2D eigenvalue weighted by Gasteiger charge is 2.27. The summed E-state index contributed by atoms with van der Waals surface area (Å²) in [7, 11) is 2.13. The van der Waals surface area contributed by atoms with Crippen molar-refractivity contribution in [2.45, 2.75) is 39.2 Å². The van der Waals surface area contributed by atoms with Crippen molar-refractivity contribution in [1.29, 1.82) is 0 Å². The average Bonchev–Trinajstić information content (AvgIpc) is 2.86. The van der Waals surface area contributed by atoms with E-state index in [4.69, 9.17) is 0 Å². The van der Waals surface area contributed by atoms with E-state index in [1.165, 1.54) is 37.9 Å². The molecule has 0 saturated carbocycles. The van der Waals surface area contributed by atoms with Crippen LogP contribution in [-0.4, -0.2) is 36.6 Å². The first-order valence-electron chi connectivity index (χ1n) is 7.18. The van der Waals surface area contributed by atoms with Crippen LogP contribution in [0.4, 0.5) is 5.82 Å². The largest absolute Gasteiger partial charge is 0.360 e. The second-order valence-corrected chi connectivity index (χ2v) is 5.12. The topological polar surface area (TPSA) is 19.4 Å². The molecule has 1 atom stereocenters. The molecule has 1 unspecified atom stereocenters. The van der Waals surface area contributed by atoms with Gasteiger partial charge in [-0.15, -0.1) is 0 Å². The number of rotatable bonds is 5. The Morgan fingerprint density at radius 3 is 3.00 bits per heavy atom. The van der Waals surface area contributed by atoms with Crippen molar-refractivity contribution in [3.05, 3.63) is 23.9 Å². The molecule has 100 valence electrons. The third kappa shape index (κ3) is 2.66. The van der Waals surface area contributed by atoms with Gasteiger partial charge < -0.3 is 4.90 Å². The monoisotopic (exact) mass is 247 g/mol. The molecule has 1 aromatic rings. The highest BCUT2D eigenvalue weighted by molar-refractivity contribution is 5.48. The number of anilines is 1. The predicted octanol–water partition coefficient (Wildman–Crippen LogP) is 3.08. The van der Waals surface area contributed by atoms with Gasteiger partial charge in [0.2, 0.25) is 0 Å². The van der Waals surface area contributed by atoms with Crippen LogP contribution in [0.25, 0.3) is 0 Å². The highest BCUT2D eigenvalue weighted by atomic mass is 15.2. The summed E-state index contributed by atoms with van der Waals surface area (Å²) >= 11 is 0. The van der Waals surface area contributed by atoms with E-state index in [-0.39, 0.29) is 0 Å². The maximum absolute atomic E-state index is 4.59. The summed E-state index contributed by atoms with van der Waals surface area (Å²) in [6.07, 6.45) is 5.73. The average molecular weight is 247 g/mol. The van der Waals surface area contributed by atoms with Crippen LogP contribution in [-0.2, 0) is 0 Å². The van der Waals surface area contributed by atoms with Crippen molar-refractivity contribution in [2.75, 3.05) is 31.6 Å². The van der Waals surface area contributed by atoms with E-state index in [9.17, 15) is 0 Å². The van der Waals surface area contributed by atoms with Gasteiger partial charge in [-0.2, -0.15) is 0 Å². The van der Waals surface area contributed by atoms with Crippen LogP contribution in [0.3, 0.4) is 0 Å². The van der Waals surface area contributed by atoms with Gasteiger partial charge >= 0.3 is 0 Å². The SMILES string of the molecule is CCCN1CCCC1c1cccnc1N(C)CC. The Morgan fingerprint density at radius 1 is 1.44 bits per heavy atom. The van der Waals surface area contributed by atoms with Crippen LogP contribution in [0.2, 0.25) is 0 Å². The maximum Gasteiger partial charge on any atom is 0.133 e. The minimum Gasteiger partial charge on any atom is -0.360 e. The molecular weight excluding hydrogens is 222 g/mol. The predicted molar refractivity (Wildman–Crippen MR) is 77.0 cm³/mol. The molecule has 0 aromatic carbocycles. The molecule has 2 rings (SSSR count). The van der Waals surface area contributed by atoms with Crippen molar-refractivity contribution < 1.29 is 0 Å². The number of nitrogens with zero attached hydrogens (tertiary/aromatic N) is 3. The van der Waals surface area contributed by atoms with Gasteiger partial charge in [-0.25, -0.2) is 4.98 Å². The van der Waals surface area contributed by atoms with E-state index in [1.807, 2.05) is 6.20 Å². The van der Waals surface area contributed by atoms with Crippen molar-refractivity contribution in [2.24, 2.45) is 0 Å². The van der Waals surface area contributed by atoms with Gasteiger partial charge in [-0.1, -0.05) is 13.0 Å². The van der Waals surface area contributed by atoms with Gasteiger partial charge in [-0.05, 0) is 45.3 Å². The highest BCUT2D eigenvalue weighted by Crippen LogP contribution is 2.35. The lowest BCUT2D eigenvalue weighted by atomic mass is 10.0. The fourth-order valence-corrected chi connectivity index (χ4v) is 2.87. The maximum atomic E-state index is 4.59. The Bertz CT molecular complexity index is 378. The van der Waals surface area contributed by atoms with Crippen molar-refractivity contribution >= 4 is 5.82 Å². The molecule has 3 nitrogen and oxygen atoms in total. The molecule has 1 aliphatic heterocycles. The molecule has 0 bridgehead atoms. The fourth-order valence-electron chi connectivity index (χ4n) is 2.87. The summed E-state index contributed by atoms with van der Waals surface area (Å²) in [6, 6.07) is 4.90. The minimum absolute atomic E-state index is 0.572. The third-order valence-corrected chi connectivity index (χ3v) is 3.89. The number of likely N-dealkylation sites (tertiary alicyclic amines) is 1. The zero-order valence-electron chi connectivity index (χ0n) is 11.9. The molecule has 0 spiro atoms. The third-order valence-electron chi connectivity index (χ3n) is 3.89. The summed E-state index contributed by atoms with van der Waals surface area (Å²) in [5, 5.41) is 0. The van der Waals surface area contributed by atoms with E-state index in [2.05, 4.69) is 47.8 Å². The van der Waals surface area contributed by atoms with E-state index >= 15 is 0 Å². The summed E-state index contributed by atoms with van der Waals surface area (Å²) in [5.41, 5.74) is 1.41. The van der Waals surface area contributed by atoms with Crippen molar-refractivity contribution in [1.82, 2.24) is 9.88 Å². The molecule has 0 amide bonds. The molecule has 2 heterocycles. The van der Waals surface area contributed by atoms with Crippen molar-refractivity contribution in [3.63, 3.8) is 0 Å². The van der Waals surface area contributed by atoms with Gasteiger partial charge in [0.05, 0.1) is 0 Å². The Balaban J connectivity index is 2.26. The Morgan fingerprint density at radius 2 is 2.28 bits per heavy atom. The molecule has 0 aliphatic carbocycles. The van der Waals surface area contributed by atoms with E-state index < -0.39 is 0 Å². The van der Waals surface area contributed by atoms with E-state index in [0.29, 0.717) is 6.04 Å². The number of hydrogen-bond acceptors (Lipinski definition) is 3. The summed E-state index contributed by atoms with van der Waals surface area (Å²) in [5.74, 6) is 1.16. The number of hydrogen-bond donors (Lipinski definition) is 0. The lowest BCUT2D eigenvalue weighted by Crippen LogP contribution is -2.27. The summed E-state index contributed by atoms with van der Waals surface area (Å²) in [4.78, 5) is 9.45. The molecule has 1 aliphatic rings. The number of aromatic nitrogens is 1. The number of pyridine rings is 1. The first-order valence-corrected chi connectivity index (χ1v) is 7.18. The molecule has 18 heavy (non-hydrogen) atoms. The summed E-state index contributed by atoms with van der Waals surface area (Å²) in [6.45, 7) is 7.89. The van der Waals surface area contributed by atoms with Crippen LogP contribution in [0.15, 0.2) is 18.3 Å². The van der Waals surface area contributed by atoms with Crippen LogP contribution >= 0.6 is 0 Å². The molecule has 1 aromatic heterocycles. The van der Waals surface area contributed by atoms with Crippen LogP contribution < -0.4 is 4.90 Å². The zero-order valence-corrected chi connectivity index (χ0v) is 11.9. The Kier molecular flexibility index (Phi) is 4.59. The fraction of sp³-hybridized carbons (Fsp3) is 0.667. The Hall–Kier alpha value is -1.09. The van der Waals surface area contributed by atoms with Gasteiger partial charge in [0.15, 0.2) is 0 Å². The van der Waals surface area contributed by atoms with Crippen LogP contribution in [0.5, 0.6) is 0 Å².